The second-order valence-corrected chi connectivity index (χ2v) is 7.30. The van der Waals surface area contributed by atoms with Crippen LogP contribution in [-0.4, -0.2) is 5.11 Å². The molecule has 0 aliphatic heterocycles. The fraction of sp³-hybridized carbons (Fsp3) is 0.562. The predicted molar refractivity (Wildman–Crippen MR) is 79.4 cm³/mol. The normalized spacial score (nSPS) is 22.5. The second kappa shape index (κ2) is 5.26. The molecule has 0 aromatic heterocycles. The van der Waals surface area contributed by atoms with Crippen molar-refractivity contribution in [2.75, 3.05) is 0 Å². The van der Waals surface area contributed by atoms with Gasteiger partial charge in [-0.15, -0.1) is 0 Å². The lowest BCUT2D eigenvalue weighted by molar-refractivity contribution is 0.00955. The van der Waals surface area contributed by atoms with Crippen molar-refractivity contribution in [3.8, 4) is 6.07 Å². The van der Waals surface area contributed by atoms with Gasteiger partial charge in [0.05, 0.1) is 17.6 Å². The Labute approximate surface area is 123 Å². The summed E-state index contributed by atoms with van der Waals surface area (Å²) >= 11 is 3.39. The molecule has 1 atom stereocenters. The van der Waals surface area contributed by atoms with Gasteiger partial charge in [0.25, 0.3) is 0 Å². The standard InChI is InChI=1S/C16H20BrNO/c1-15(2)7-9-16(11-18,10-8-15)14(19)12-3-5-13(17)6-4-12/h3-6,14,19H,7-10H2,1-2H3. The van der Waals surface area contributed by atoms with Gasteiger partial charge < -0.3 is 5.11 Å². The topological polar surface area (TPSA) is 44.0 Å². The lowest BCUT2D eigenvalue weighted by Gasteiger charge is -2.42. The van der Waals surface area contributed by atoms with E-state index in [0.717, 1.165) is 35.7 Å². The third-order valence-corrected chi connectivity index (χ3v) is 4.96. The molecular weight excluding hydrogens is 302 g/mol. The molecule has 1 unspecified atom stereocenters. The Hall–Kier alpha value is -0.850. The summed E-state index contributed by atoms with van der Waals surface area (Å²) in [4.78, 5) is 0. The number of aliphatic hydroxyl groups is 1. The van der Waals surface area contributed by atoms with Gasteiger partial charge in [0.15, 0.2) is 0 Å². The number of nitrogens with zero attached hydrogens (tertiary/aromatic N) is 1. The highest BCUT2D eigenvalue weighted by molar-refractivity contribution is 9.10. The van der Waals surface area contributed by atoms with E-state index in [4.69, 9.17) is 0 Å². The summed E-state index contributed by atoms with van der Waals surface area (Å²) in [5.74, 6) is 0. The first-order valence-corrected chi connectivity index (χ1v) is 7.53. The van der Waals surface area contributed by atoms with Gasteiger partial charge in [-0.2, -0.15) is 5.26 Å². The first kappa shape index (κ1) is 14.6. The average molecular weight is 322 g/mol. The second-order valence-electron chi connectivity index (χ2n) is 6.39. The number of hydrogen-bond acceptors (Lipinski definition) is 2. The largest absolute Gasteiger partial charge is 0.387 e. The summed E-state index contributed by atoms with van der Waals surface area (Å²) in [6.45, 7) is 4.47. The first-order chi connectivity index (χ1) is 8.88. The molecule has 0 bridgehead atoms. The van der Waals surface area contributed by atoms with Gasteiger partial charge in [-0.1, -0.05) is 41.9 Å². The fourth-order valence-corrected chi connectivity index (χ4v) is 3.05. The Morgan fingerprint density at radius 2 is 1.68 bits per heavy atom. The van der Waals surface area contributed by atoms with Gasteiger partial charge >= 0.3 is 0 Å². The number of benzene rings is 1. The minimum absolute atomic E-state index is 0.291. The smallest absolute Gasteiger partial charge is 0.0976 e. The molecule has 0 spiro atoms. The van der Waals surface area contributed by atoms with Crippen LogP contribution in [0.2, 0.25) is 0 Å². The van der Waals surface area contributed by atoms with E-state index in [1.165, 1.54) is 0 Å². The van der Waals surface area contributed by atoms with Crippen LogP contribution in [0.15, 0.2) is 28.7 Å². The summed E-state index contributed by atoms with van der Waals surface area (Å²) in [6, 6.07) is 10.0. The monoisotopic (exact) mass is 321 g/mol. The van der Waals surface area contributed by atoms with E-state index in [2.05, 4.69) is 35.8 Å². The van der Waals surface area contributed by atoms with Crippen molar-refractivity contribution in [2.24, 2.45) is 10.8 Å². The van der Waals surface area contributed by atoms with Gasteiger partial charge in [-0.25, -0.2) is 0 Å². The molecule has 1 fully saturated rings. The molecule has 2 nitrogen and oxygen atoms in total. The summed E-state index contributed by atoms with van der Waals surface area (Å²) < 4.78 is 0.985. The van der Waals surface area contributed by atoms with Crippen molar-refractivity contribution in [3.05, 3.63) is 34.3 Å². The molecule has 1 aliphatic carbocycles. The van der Waals surface area contributed by atoms with Crippen LogP contribution in [0.25, 0.3) is 0 Å². The van der Waals surface area contributed by atoms with Gasteiger partial charge in [-0.3, -0.25) is 0 Å². The van der Waals surface area contributed by atoms with Crippen LogP contribution in [0.3, 0.4) is 0 Å². The number of hydrogen-bond donors (Lipinski definition) is 1. The maximum atomic E-state index is 10.6. The Bertz CT molecular complexity index is 476. The molecule has 0 saturated heterocycles. The summed E-state index contributed by atoms with van der Waals surface area (Å²) in [7, 11) is 0. The fourth-order valence-electron chi connectivity index (χ4n) is 2.78. The summed E-state index contributed by atoms with van der Waals surface area (Å²) in [5, 5.41) is 20.2. The Kier molecular flexibility index (Phi) is 4.03. The van der Waals surface area contributed by atoms with Crippen molar-refractivity contribution in [1.82, 2.24) is 0 Å². The Morgan fingerprint density at radius 3 is 2.16 bits per heavy atom. The van der Waals surface area contributed by atoms with Crippen LogP contribution < -0.4 is 0 Å². The van der Waals surface area contributed by atoms with Crippen LogP contribution in [0.4, 0.5) is 0 Å². The van der Waals surface area contributed by atoms with Crippen molar-refractivity contribution in [1.29, 1.82) is 5.26 Å². The molecule has 0 amide bonds. The van der Waals surface area contributed by atoms with E-state index in [1.54, 1.807) is 0 Å². The van der Waals surface area contributed by atoms with Crippen LogP contribution >= 0.6 is 15.9 Å². The lowest BCUT2D eigenvalue weighted by atomic mass is 9.62. The number of rotatable bonds is 2. The van der Waals surface area contributed by atoms with Gasteiger partial charge in [-0.05, 0) is 48.8 Å². The average Bonchev–Trinajstić information content (AvgIpc) is 2.40. The molecule has 1 saturated carbocycles. The van der Waals surface area contributed by atoms with Gasteiger partial charge in [0.2, 0.25) is 0 Å². The maximum absolute atomic E-state index is 10.6. The zero-order valence-electron chi connectivity index (χ0n) is 11.5. The first-order valence-electron chi connectivity index (χ1n) is 6.73. The zero-order valence-corrected chi connectivity index (χ0v) is 13.1. The van der Waals surface area contributed by atoms with E-state index in [0.29, 0.717) is 5.41 Å². The van der Waals surface area contributed by atoms with Crippen molar-refractivity contribution < 1.29 is 5.11 Å². The molecule has 0 radical (unpaired) electrons. The number of halogens is 1. The van der Waals surface area contributed by atoms with E-state index in [1.807, 2.05) is 24.3 Å². The minimum Gasteiger partial charge on any atom is -0.387 e. The number of nitriles is 1. The van der Waals surface area contributed by atoms with Gasteiger partial charge in [0, 0.05) is 4.47 Å². The highest BCUT2D eigenvalue weighted by Gasteiger charge is 2.44. The van der Waals surface area contributed by atoms with Crippen molar-refractivity contribution >= 4 is 15.9 Å². The molecule has 1 aromatic carbocycles. The highest BCUT2D eigenvalue weighted by Crippen LogP contribution is 2.50. The van der Waals surface area contributed by atoms with Crippen LogP contribution in [-0.2, 0) is 0 Å². The number of aliphatic hydroxyl groups excluding tert-OH is 1. The third-order valence-electron chi connectivity index (χ3n) is 4.43. The van der Waals surface area contributed by atoms with Crippen molar-refractivity contribution in [3.63, 3.8) is 0 Å². The van der Waals surface area contributed by atoms with E-state index in [-0.39, 0.29) is 0 Å². The molecular formula is C16H20BrNO. The maximum Gasteiger partial charge on any atom is 0.0976 e. The van der Waals surface area contributed by atoms with Crippen LogP contribution in [0, 0.1) is 22.2 Å². The van der Waals surface area contributed by atoms with E-state index in [9.17, 15) is 10.4 Å². The van der Waals surface area contributed by atoms with Crippen LogP contribution in [0.1, 0.15) is 51.2 Å². The molecule has 2 rings (SSSR count). The van der Waals surface area contributed by atoms with E-state index < -0.39 is 11.5 Å². The van der Waals surface area contributed by atoms with Gasteiger partial charge in [0.1, 0.15) is 0 Å². The zero-order chi connectivity index (χ0) is 14.1. The molecule has 0 heterocycles. The summed E-state index contributed by atoms with van der Waals surface area (Å²) in [6.07, 6.45) is 2.84. The summed E-state index contributed by atoms with van der Waals surface area (Å²) in [5.41, 5.74) is 0.507. The molecule has 19 heavy (non-hydrogen) atoms. The van der Waals surface area contributed by atoms with Crippen molar-refractivity contribution in [2.45, 2.75) is 45.6 Å². The quantitative estimate of drug-likeness (QED) is 0.865. The minimum atomic E-state index is -0.693. The molecule has 3 heteroatoms. The molecule has 1 aliphatic rings. The van der Waals surface area contributed by atoms with Crippen LogP contribution in [0.5, 0.6) is 0 Å². The molecule has 1 N–H and O–H groups in total. The molecule has 1 aromatic rings. The Balaban J connectivity index is 2.23. The highest BCUT2D eigenvalue weighted by atomic mass is 79.9. The Morgan fingerprint density at radius 1 is 1.16 bits per heavy atom. The molecule has 102 valence electrons. The van der Waals surface area contributed by atoms with E-state index >= 15 is 0 Å². The SMILES string of the molecule is CC1(C)CCC(C#N)(C(O)c2ccc(Br)cc2)CC1. The predicted octanol–water partition coefficient (Wildman–Crippen LogP) is 4.59. The lowest BCUT2D eigenvalue weighted by Crippen LogP contribution is -2.35. The third kappa shape index (κ3) is 3.01.